The molecule has 4 heteroatoms. The highest BCUT2D eigenvalue weighted by Gasteiger charge is 2.09. The van der Waals surface area contributed by atoms with Crippen LogP contribution in [0.15, 0.2) is 35.7 Å². The molecule has 2 heterocycles. The van der Waals surface area contributed by atoms with Gasteiger partial charge in [0.05, 0.1) is 17.2 Å². The molecule has 2 aromatic heterocycles. The lowest BCUT2D eigenvalue weighted by Gasteiger charge is -2.02. The quantitative estimate of drug-likeness (QED) is 0.765. The van der Waals surface area contributed by atoms with Crippen molar-refractivity contribution in [1.82, 2.24) is 4.98 Å². The van der Waals surface area contributed by atoms with Crippen LogP contribution in [-0.4, -0.2) is 17.6 Å². The van der Waals surface area contributed by atoms with Gasteiger partial charge >= 0.3 is 5.97 Å². The van der Waals surface area contributed by atoms with Gasteiger partial charge in [-0.1, -0.05) is 12.1 Å². The Morgan fingerprint density at radius 3 is 2.94 bits per heavy atom. The summed E-state index contributed by atoms with van der Waals surface area (Å²) in [6, 6.07) is 9.29. The fourth-order valence-electron chi connectivity index (χ4n) is 1.31. The lowest BCUT2D eigenvalue weighted by molar-refractivity contribution is 0.0519. The molecule has 2 aromatic rings. The minimum atomic E-state index is -0.374. The minimum Gasteiger partial charge on any atom is -0.461 e. The highest BCUT2D eigenvalue weighted by molar-refractivity contribution is 7.13. The van der Waals surface area contributed by atoms with Gasteiger partial charge in [0.1, 0.15) is 5.69 Å². The van der Waals surface area contributed by atoms with Crippen LogP contribution in [0.3, 0.4) is 0 Å². The second kappa shape index (κ2) is 4.90. The number of carbonyl (C=O) groups is 1. The van der Waals surface area contributed by atoms with Gasteiger partial charge < -0.3 is 4.74 Å². The molecule has 0 amide bonds. The van der Waals surface area contributed by atoms with Crippen molar-refractivity contribution in [3.8, 4) is 10.6 Å². The van der Waals surface area contributed by atoms with Gasteiger partial charge in [0.2, 0.25) is 0 Å². The Labute approximate surface area is 97.7 Å². The minimum absolute atomic E-state index is 0.354. The van der Waals surface area contributed by atoms with Crippen molar-refractivity contribution < 1.29 is 9.53 Å². The Balaban J connectivity index is 2.30. The molecule has 0 saturated heterocycles. The molecule has 16 heavy (non-hydrogen) atoms. The third-order valence-corrected chi connectivity index (χ3v) is 2.90. The van der Waals surface area contributed by atoms with Crippen molar-refractivity contribution >= 4 is 17.3 Å². The van der Waals surface area contributed by atoms with Gasteiger partial charge in [0.25, 0.3) is 0 Å². The Morgan fingerprint density at radius 1 is 1.38 bits per heavy atom. The van der Waals surface area contributed by atoms with Gasteiger partial charge in [-0.25, -0.2) is 9.78 Å². The zero-order valence-corrected chi connectivity index (χ0v) is 9.66. The largest absolute Gasteiger partial charge is 0.461 e. The molecule has 0 radical (unpaired) electrons. The Hall–Kier alpha value is -1.68. The molecular weight excluding hydrogens is 222 g/mol. The summed E-state index contributed by atoms with van der Waals surface area (Å²) in [6.07, 6.45) is 0. The van der Waals surface area contributed by atoms with Crippen LogP contribution in [0.25, 0.3) is 10.6 Å². The summed E-state index contributed by atoms with van der Waals surface area (Å²) in [5.74, 6) is -0.374. The first-order valence-corrected chi connectivity index (χ1v) is 5.87. The molecule has 2 rings (SSSR count). The van der Waals surface area contributed by atoms with Crippen LogP contribution >= 0.6 is 11.3 Å². The predicted molar refractivity (Wildman–Crippen MR) is 63.5 cm³/mol. The van der Waals surface area contributed by atoms with Crippen molar-refractivity contribution in [2.45, 2.75) is 6.92 Å². The first-order chi connectivity index (χ1) is 7.81. The maximum Gasteiger partial charge on any atom is 0.356 e. The van der Waals surface area contributed by atoms with Gasteiger partial charge in [-0.2, -0.15) is 0 Å². The average Bonchev–Trinajstić information content (AvgIpc) is 2.83. The summed E-state index contributed by atoms with van der Waals surface area (Å²) in [5, 5.41) is 1.98. The van der Waals surface area contributed by atoms with E-state index in [1.165, 1.54) is 0 Å². The molecule has 82 valence electrons. The lowest BCUT2D eigenvalue weighted by atomic mass is 10.2. The van der Waals surface area contributed by atoms with Crippen LogP contribution < -0.4 is 0 Å². The third kappa shape index (κ3) is 2.28. The van der Waals surface area contributed by atoms with E-state index in [1.807, 2.05) is 29.6 Å². The Bertz CT molecular complexity index is 480. The standard InChI is InChI=1S/C12H11NO2S/c1-2-15-12(14)10-6-3-5-9(13-10)11-7-4-8-16-11/h3-8H,2H2,1H3. The fourth-order valence-corrected chi connectivity index (χ4v) is 2.01. The van der Waals surface area contributed by atoms with E-state index >= 15 is 0 Å². The van der Waals surface area contributed by atoms with Crippen molar-refractivity contribution in [1.29, 1.82) is 0 Å². The Morgan fingerprint density at radius 2 is 2.25 bits per heavy atom. The van der Waals surface area contributed by atoms with Gasteiger partial charge in [0, 0.05) is 0 Å². The van der Waals surface area contributed by atoms with E-state index in [1.54, 1.807) is 24.3 Å². The molecule has 0 N–H and O–H groups in total. The topological polar surface area (TPSA) is 39.2 Å². The zero-order chi connectivity index (χ0) is 11.4. The van der Waals surface area contributed by atoms with E-state index in [0.29, 0.717) is 12.3 Å². The highest BCUT2D eigenvalue weighted by atomic mass is 32.1. The fraction of sp³-hybridized carbons (Fsp3) is 0.167. The molecule has 0 bridgehead atoms. The predicted octanol–water partition coefficient (Wildman–Crippen LogP) is 2.99. The number of rotatable bonds is 3. The number of hydrogen-bond donors (Lipinski definition) is 0. The van der Waals surface area contributed by atoms with E-state index in [4.69, 9.17) is 4.74 Å². The number of aromatic nitrogens is 1. The van der Waals surface area contributed by atoms with Gasteiger partial charge in [-0.15, -0.1) is 11.3 Å². The molecule has 3 nitrogen and oxygen atoms in total. The van der Waals surface area contributed by atoms with Crippen molar-refractivity contribution in [2.24, 2.45) is 0 Å². The average molecular weight is 233 g/mol. The van der Waals surface area contributed by atoms with Crippen molar-refractivity contribution in [3.05, 3.63) is 41.4 Å². The van der Waals surface area contributed by atoms with E-state index in [9.17, 15) is 4.79 Å². The molecule has 0 aromatic carbocycles. The number of carbonyl (C=O) groups excluding carboxylic acids is 1. The number of thiophene rings is 1. The molecule has 0 unspecified atom stereocenters. The first kappa shape index (κ1) is 10.8. The zero-order valence-electron chi connectivity index (χ0n) is 8.84. The molecule has 0 atom stereocenters. The maximum atomic E-state index is 11.5. The molecule has 0 fully saturated rings. The van der Waals surface area contributed by atoms with Gasteiger partial charge in [0.15, 0.2) is 0 Å². The Kier molecular flexibility index (Phi) is 3.31. The van der Waals surface area contributed by atoms with E-state index in [0.717, 1.165) is 10.6 Å². The molecule has 0 aliphatic heterocycles. The molecule has 0 spiro atoms. The molecule has 0 saturated carbocycles. The molecule has 0 aliphatic carbocycles. The van der Waals surface area contributed by atoms with E-state index in [-0.39, 0.29) is 5.97 Å². The van der Waals surface area contributed by atoms with Crippen LogP contribution in [-0.2, 0) is 4.74 Å². The second-order valence-electron chi connectivity index (χ2n) is 3.11. The number of esters is 1. The smallest absolute Gasteiger partial charge is 0.356 e. The van der Waals surface area contributed by atoms with E-state index in [2.05, 4.69) is 4.98 Å². The van der Waals surface area contributed by atoms with Gasteiger partial charge in [-0.05, 0) is 30.5 Å². The van der Waals surface area contributed by atoms with Gasteiger partial charge in [-0.3, -0.25) is 0 Å². The summed E-state index contributed by atoms with van der Waals surface area (Å²) in [5.41, 5.74) is 1.16. The summed E-state index contributed by atoms with van der Waals surface area (Å²) in [6.45, 7) is 2.14. The summed E-state index contributed by atoms with van der Waals surface area (Å²) in [7, 11) is 0. The van der Waals surface area contributed by atoms with Crippen LogP contribution in [0.1, 0.15) is 17.4 Å². The normalized spacial score (nSPS) is 10.1. The van der Waals surface area contributed by atoms with Crippen LogP contribution in [0.4, 0.5) is 0 Å². The van der Waals surface area contributed by atoms with Crippen molar-refractivity contribution in [3.63, 3.8) is 0 Å². The molecular formula is C12H11NO2S. The van der Waals surface area contributed by atoms with Crippen LogP contribution in [0.5, 0.6) is 0 Å². The third-order valence-electron chi connectivity index (χ3n) is 2.01. The number of pyridine rings is 1. The number of hydrogen-bond acceptors (Lipinski definition) is 4. The highest BCUT2D eigenvalue weighted by Crippen LogP contribution is 2.22. The number of ether oxygens (including phenoxy) is 1. The number of nitrogens with zero attached hydrogens (tertiary/aromatic N) is 1. The summed E-state index contributed by atoms with van der Waals surface area (Å²) >= 11 is 1.60. The van der Waals surface area contributed by atoms with Crippen LogP contribution in [0, 0.1) is 0 Å². The first-order valence-electron chi connectivity index (χ1n) is 4.99. The van der Waals surface area contributed by atoms with Crippen molar-refractivity contribution in [2.75, 3.05) is 6.61 Å². The molecule has 0 aliphatic rings. The van der Waals surface area contributed by atoms with Crippen LogP contribution in [0.2, 0.25) is 0 Å². The second-order valence-corrected chi connectivity index (χ2v) is 4.05. The lowest BCUT2D eigenvalue weighted by Crippen LogP contribution is -2.07. The monoisotopic (exact) mass is 233 g/mol. The SMILES string of the molecule is CCOC(=O)c1cccc(-c2cccs2)n1. The summed E-state index contributed by atoms with van der Waals surface area (Å²) < 4.78 is 4.90. The maximum absolute atomic E-state index is 11.5. The van der Waals surface area contributed by atoms with E-state index < -0.39 is 0 Å². The summed E-state index contributed by atoms with van der Waals surface area (Å²) in [4.78, 5) is 16.8.